The molecule has 410 valence electrons. The normalized spacial score (nSPS) is 14.0. The van der Waals surface area contributed by atoms with Gasteiger partial charge in [0.25, 0.3) is 7.82 Å². The first-order valence-corrected chi connectivity index (χ1v) is 31.7. The van der Waals surface area contributed by atoms with E-state index in [1.165, 1.54) is 244 Å². The zero-order valence-electron chi connectivity index (χ0n) is 46.8. The maximum atomic E-state index is 13.0. The Hall–Kier alpha value is -1.02. The molecular weight excluding hydrogens is 876 g/mol. The third kappa shape index (κ3) is 54.6. The molecule has 69 heavy (non-hydrogen) atoms. The highest BCUT2D eigenvalue weighted by Gasteiger charge is 2.23. The van der Waals surface area contributed by atoms with Crippen molar-refractivity contribution in [2.45, 2.75) is 315 Å². The Morgan fingerprint density at radius 3 is 1.13 bits per heavy atom. The summed E-state index contributed by atoms with van der Waals surface area (Å²) in [5.74, 6) is -0.192. The molecule has 0 spiro atoms. The van der Waals surface area contributed by atoms with Gasteiger partial charge in [0.1, 0.15) is 13.2 Å². The molecule has 0 radical (unpaired) electrons. The monoisotopic (exact) mass is 995 g/mol. The van der Waals surface area contributed by atoms with E-state index in [9.17, 15) is 19.4 Å². The Morgan fingerprint density at radius 2 is 0.797 bits per heavy atom. The van der Waals surface area contributed by atoms with E-state index in [4.69, 9.17) is 9.05 Å². The van der Waals surface area contributed by atoms with Crippen LogP contribution in [-0.4, -0.2) is 68.5 Å². The van der Waals surface area contributed by atoms with Crippen LogP contribution in [-0.2, 0) is 18.4 Å². The van der Waals surface area contributed by atoms with Crippen LogP contribution in [0.25, 0.3) is 0 Å². The number of amides is 1. The summed E-state index contributed by atoms with van der Waals surface area (Å²) in [4.78, 5) is 25.5. The number of hydrogen-bond acceptors (Lipinski definition) is 6. The minimum atomic E-state index is -4.59. The molecule has 0 rings (SSSR count). The fraction of sp³-hybridized carbons (Fsp3) is 0.917. The van der Waals surface area contributed by atoms with Crippen LogP contribution in [0.5, 0.6) is 0 Å². The number of allylic oxidation sites excluding steroid dienone is 3. The van der Waals surface area contributed by atoms with E-state index in [-0.39, 0.29) is 19.1 Å². The zero-order chi connectivity index (χ0) is 50.6. The molecule has 2 N–H and O–H groups in total. The molecule has 0 saturated heterocycles. The molecule has 0 aliphatic heterocycles. The Labute approximate surface area is 430 Å². The van der Waals surface area contributed by atoms with Gasteiger partial charge in [-0.25, -0.2) is 0 Å². The third-order valence-electron chi connectivity index (χ3n) is 13.9. The molecule has 0 fully saturated rings. The number of quaternary nitrogens is 1. The number of likely N-dealkylation sites (N-methyl/N-ethyl adjacent to an activating group) is 1. The van der Waals surface area contributed by atoms with Gasteiger partial charge >= 0.3 is 0 Å². The fourth-order valence-corrected chi connectivity index (χ4v) is 9.87. The summed E-state index contributed by atoms with van der Waals surface area (Å²) in [7, 11) is 1.27. The maximum Gasteiger partial charge on any atom is 0.268 e. The lowest BCUT2D eigenvalue weighted by molar-refractivity contribution is -0.870. The van der Waals surface area contributed by atoms with E-state index in [0.29, 0.717) is 17.4 Å². The number of carbonyl (C=O) groups excluding carboxylic acids is 1. The first-order valence-electron chi connectivity index (χ1n) is 30.2. The molecule has 0 heterocycles. The van der Waals surface area contributed by atoms with E-state index in [1.54, 1.807) is 6.08 Å². The molecule has 0 saturated carbocycles. The molecule has 1 amide bonds. The predicted molar refractivity (Wildman–Crippen MR) is 298 cm³/mol. The summed E-state index contributed by atoms with van der Waals surface area (Å²) in [5, 5.41) is 13.9. The molecule has 3 atom stereocenters. The van der Waals surface area contributed by atoms with Crippen LogP contribution in [0.15, 0.2) is 24.3 Å². The molecule has 0 bridgehead atoms. The van der Waals surface area contributed by atoms with Gasteiger partial charge < -0.3 is 28.8 Å². The van der Waals surface area contributed by atoms with Crippen LogP contribution >= 0.6 is 7.82 Å². The first kappa shape index (κ1) is 68.0. The summed E-state index contributed by atoms with van der Waals surface area (Å²) in [5.41, 5.74) is 0. The minimum absolute atomic E-state index is 0.00114. The van der Waals surface area contributed by atoms with Crippen molar-refractivity contribution in [3.8, 4) is 0 Å². The molecule has 0 aromatic carbocycles. The quantitative estimate of drug-likeness (QED) is 0.0272. The van der Waals surface area contributed by atoms with E-state index in [0.717, 1.165) is 38.5 Å². The molecule has 0 aromatic heterocycles. The molecule has 9 heteroatoms. The van der Waals surface area contributed by atoms with Crippen molar-refractivity contribution < 1.29 is 32.9 Å². The van der Waals surface area contributed by atoms with Gasteiger partial charge in [0.05, 0.1) is 39.9 Å². The molecule has 0 aliphatic carbocycles. The number of aliphatic hydroxyl groups excluding tert-OH is 1. The van der Waals surface area contributed by atoms with Crippen molar-refractivity contribution in [2.75, 3.05) is 40.9 Å². The summed E-state index contributed by atoms with van der Waals surface area (Å²) < 4.78 is 23.4. The Morgan fingerprint density at radius 1 is 0.493 bits per heavy atom. The minimum Gasteiger partial charge on any atom is -0.756 e. The largest absolute Gasteiger partial charge is 0.756 e. The summed E-state index contributed by atoms with van der Waals surface area (Å²) in [6.07, 6.45) is 65.5. The average molecular weight is 996 g/mol. The van der Waals surface area contributed by atoms with Crippen LogP contribution in [0.3, 0.4) is 0 Å². The first-order chi connectivity index (χ1) is 33.5. The topological polar surface area (TPSA) is 108 Å². The molecule has 0 aliphatic rings. The SMILES string of the molecule is CCCCCCCCCCCCCC/C=C\CCCCCCCCCCCCCCCCC(=O)NC(COP(=O)([O-])OCC[N+](C)(C)C)C(O)/C=C/CCCCCCCCCCCCCCCCC. The standard InChI is InChI=1S/C60H119N2O6P/c1-6-8-10-12-14-16-18-20-22-24-25-26-27-28-29-30-31-32-33-34-35-36-38-40-42-44-46-48-50-52-54-60(64)61-58(57-68-69(65,66)67-56-55-62(3,4)5)59(63)53-51-49-47-45-43-41-39-37-23-21-19-17-15-13-11-9-7-2/h28-29,51,53,58-59,63H,6-27,30-50,52,54-57H2,1-5H3,(H-,61,64,65,66)/b29-28-,53-51+. The summed E-state index contributed by atoms with van der Waals surface area (Å²) in [6.45, 7) is 4.69. The fourth-order valence-electron chi connectivity index (χ4n) is 9.15. The van der Waals surface area contributed by atoms with E-state index in [2.05, 4.69) is 31.3 Å². The molecule has 3 unspecified atom stereocenters. The van der Waals surface area contributed by atoms with Gasteiger partial charge in [-0.2, -0.15) is 0 Å². The van der Waals surface area contributed by atoms with Crippen LogP contribution in [0, 0.1) is 0 Å². The third-order valence-corrected chi connectivity index (χ3v) is 14.9. The summed E-state index contributed by atoms with van der Waals surface area (Å²) >= 11 is 0. The van der Waals surface area contributed by atoms with Crippen LogP contribution < -0.4 is 10.2 Å². The Bertz CT molecular complexity index is 1170. The zero-order valence-corrected chi connectivity index (χ0v) is 47.7. The Balaban J connectivity index is 4.08. The maximum absolute atomic E-state index is 13.0. The second-order valence-electron chi connectivity index (χ2n) is 22.1. The van der Waals surface area contributed by atoms with Gasteiger partial charge in [0.15, 0.2) is 0 Å². The highest BCUT2D eigenvalue weighted by atomic mass is 31.2. The van der Waals surface area contributed by atoms with Gasteiger partial charge in [0.2, 0.25) is 5.91 Å². The van der Waals surface area contributed by atoms with Crippen LogP contribution in [0.1, 0.15) is 303 Å². The number of hydrogen-bond donors (Lipinski definition) is 2. The highest BCUT2D eigenvalue weighted by molar-refractivity contribution is 7.45. The van der Waals surface area contributed by atoms with E-state index < -0.39 is 20.0 Å². The van der Waals surface area contributed by atoms with E-state index >= 15 is 0 Å². The second-order valence-corrected chi connectivity index (χ2v) is 23.5. The van der Waals surface area contributed by atoms with Gasteiger partial charge in [-0.15, -0.1) is 0 Å². The highest BCUT2D eigenvalue weighted by Crippen LogP contribution is 2.38. The van der Waals surface area contributed by atoms with Gasteiger partial charge in [-0.05, 0) is 44.9 Å². The lowest BCUT2D eigenvalue weighted by Gasteiger charge is -2.29. The van der Waals surface area contributed by atoms with Crippen molar-refractivity contribution in [3.05, 3.63) is 24.3 Å². The van der Waals surface area contributed by atoms with Crippen molar-refractivity contribution in [1.82, 2.24) is 5.32 Å². The van der Waals surface area contributed by atoms with Crippen molar-refractivity contribution >= 4 is 13.7 Å². The summed E-state index contributed by atoms with van der Waals surface area (Å²) in [6, 6.07) is -0.884. The van der Waals surface area contributed by atoms with Crippen molar-refractivity contribution in [2.24, 2.45) is 0 Å². The number of aliphatic hydroxyl groups is 1. The number of phosphoric ester groups is 1. The number of unbranched alkanes of at least 4 members (excludes halogenated alkanes) is 41. The average Bonchev–Trinajstić information content (AvgIpc) is 3.31. The molecule has 8 nitrogen and oxygen atoms in total. The number of rotatable bonds is 56. The van der Waals surface area contributed by atoms with Gasteiger partial charge in [-0.1, -0.05) is 276 Å². The lowest BCUT2D eigenvalue weighted by Crippen LogP contribution is -2.45. The van der Waals surface area contributed by atoms with Crippen LogP contribution in [0.2, 0.25) is 0 Å². The molecular formula is C60H119N2O6P. The smallest absolute Gasteiger partial charge is 0.268 e. The number of carbonyl (C=O) groups is 1. The lowest BCUT2D eigenvalue weighted by atomic mass is 10.0. The number of nitrogens with zero attached hydrogens (tertiary/aromatic N) is 1. The predicted octanol–water partition coefficient (Wildman–Crippen LogP) is 17.7. The Kier molecular flexibility index (Phi) is 51.1. The van der Waals surface area contributed by atoms with Crippen molar-refractivity contribution in [3.63, 3.8) is 0 Å². The second kappa shape index (κ2) is 51.9. The van der Waals surface area contributed by atoms with Crippen molar-refractivity contribution in [1.29, 1.82) is 0 Å². The van der Waals surface area contributed by atoms with E-state index in [1.807, 2.05) is 27.2 Å². The molecule has 0 aromatic rings. The van der Waals surface area contributed by atoms with Crippen LogP contribution in [0.4, 0.5) is 0 Å². The van der Waals surface area contributed by atoms with Gasteiger partial charge in [-0.3, -0.25) is 9.36 Å². The number of phosphoric acid groups is 1. The van der Waals surface area contributed by atoms with Gasteiger partial charge in [0, 0.05) is 6.42 Å². The number of nitrogens with one attached hydrogen (secondary N) is 1.